The Hall–Kier alpha value is -2.95. The molecule has 3 aromatic rings. The number of aryl methyl sites for hydroxylation is 1. The first-order valence-electron chi connectivity index (χ1n) is 10.7. The van der Waals surface area contributed by atoms with E-state index in [2.05, 4.69) is 71.9 Å². The second-order valence-electron chi connectivity index (χ2n) is 9.11. The third-order valence-corrected chi connectivity index (χ3v) is 5.84. The highest BCUT2D eigenvalue weighted by atomic mass is 16.2. The van der Waals surface area contributed by atoms with E-state index in [1.54, 1.807) is 0 Å². The van der Waals surface area contributed by atoms with E-state index in [4.69, 9.17) is 0 Å². The molecule has 0 spiro atoms. The zero-order chi connectivity index (χ0) is 21.1. The minimum atomic E-state index is 0.150. The van der Waals surface area contributed by atoms with Gasteiger partial charge in [-0.15, -0.1) is 10.2 Å². The molecule has 0 fully saturated rings. The summed E-state index contributed by atoms with van der Waals surface area (Å²) in [5, 5.41) is 8.74. The normalized spacial score (nSPS) is 13.9. The molecule has 2 heterocycles. The van der Waals surface area contributed by atoms with Crippen molar-refractivity contribution in [1.29, 1.82) is 0 Å². The Bertz CT molecular complexity index is 1000. The molecule has 30 heavy (non-hydrogen) atoms. The third kappa shape index (κ3) is 4.61. The maximum atomic E-state index is 12.8. The lowest BCUT2D eigenvalue weighted by atomic mass is 9.86. The fourth-order valence-corrected chi connectivity index (χ4v) is 3.92. The van der Waals surface area contributed by atoms with Crippen molar-refractivity contribution >= 4 is 5.91 Å². The lowest BCUT2D eigenvalue weighted by molar-refractivity contribution is -0.132. The van der Waals surface area contributed by atoms with Gasteiger partial charge in [0.15, 0.2) is 5.82 Å². The van der Waals surface area contributed by atoms with E-state index in [9.17, 15) is 4.79 Å². The van der Waals surface area contributed by atoms with Gasteiger partial charge in [-0.3, -0.25) is 4.79 Å². The van der Waals surface area contributed by atoms with Crippen LogP contribution in [0.5, 0.6) is 0 Å². The molecular formula is C25H30N4O. The summed E-state index contributed by atoms with van der Waals surface area (Å²) < 4.78 is 2.17. The summed E-state index contributed by atoms with van der Waals surface area (Å²) in [6, 6.07) is 19.0. The van der Waals surface area contributed by atoms with Crippen molar-refractivity contribution < 1.29 is 4.79 Å². The molecule has 0 saturated carbocycles. The molecule has 1 amide bonds. The molecule has 0 saturated heterocycles. The molecule has 0 unspecified atom stereocenters. The summed E-state index contributed by atoms with van der Waals surface area (Å²) >= 11 is 0. The number of carbonyl (C=O) groups excluding carboxylic acids is 1. The second-order valence-corrected chi connectivity index (χ2v) is 9.11. The summed E-state index contributed by atoms with van der Waals surface area (Å²) in [5.74, 6) is 2.05. The van der Waals surface area contributed by atoms with Crippen molar-refractivity contribution in [2.75, 3.05) is 6.54 Å². The van der Waals surface area contributed by atoms with Gasteiger partial charge in [0.2, 0.25) is 5.91 Å². The van der Waals surface area contributed by atoms with Crippen LogP contribution in [0.2, 0.25) is 0 Å². The van der Waals surface area contributed by atoms with Crippen molar-refractivity contribution in [2.24, 2.45) is 0 Å². The fourth-order valence-electron chi connectivity index (χ4n) is 3.92. The minimum Gasteiger partial charge on any atom is -0.333 e. The van der Waals surface area contributed by atoms with E-state index in [1.807, 2.05) is 23.1 Å². The molecule has 0 atom stereocenters. The predicted molar refractivity (Wildman–Crippen MR) is 118 cm³/mol. The predicted octanol–water partition coefficient (Wildman–Crippen LogP) is 4.14. The van der Waals surface area contributed by atoms with Crippen molar-refractivity contribution in [1.82, 2.24) is 19.7 Å². The molecule has 0 N–H and O–H groups in total. The standard InChI is InChI=1S/C25H30N4O/c1-25(2,3)21-12-9-19(10-13-21)11-14-24(30)28-15-16-29-22(26-27-23(29)18-28)17-20-7-5-4-6-8-20/h4-10,12-13H,11,14-18H2,1-3H3. The number of benzene rings is 2. The average molecular weight is 403 g/mol. The summed E-state index contributed by atoms with van der Waals surface area (Å²) in [4.78, 5) is 14.7. The van der Waals surface area contributed by atoms with Crippen LogP contribution in [-0.4, -0.2) is 32.1 Å². The van der Waals surface area contributed by atoms with Crippen LogP contribution in [0.3, 0.4) is 0 Å². The van der Waals surface area contributed by atoms with Gasteiger partial charge in [0.05, 0.1) is 6.54 Å². The zero-order valence-electron chi connectivity index (χ0n) is 18.1. The van der Waals surface area contributed by atoms with Crippen molar-refractivity contribution in [3.05, 3.63) is 82.9 Å². The number of carbonyl (C=O) groups is 1. The number of aromatic nitrogens is 3. The number of hydrogen-bond acceptors (Lipinski definition) is 3. The molecular weight excluding hydrogens is 372 g/mol. The van der Waals surface area contributed by atoms with Gasteiger partial charge < -0.3 is 9.47 Å². The van der Waals surface area contributed by atoms with Crippen LogP contribution in [0.25, 0.3) is 0 Å². The molecule has 5 nitrogen and oxygen atoms in total. The van der Waals surface area contributed by atoms with E-state index in [-0.39, 0.29) is 11.3 Å². The smallest absolute Gasteiger partial charge is 0.223 e. The van der Waals surface area contributed by atoms with E-state index >= 15 is 0 Å². The highest BCUT2D eigenvalue weighted by molar-refractivity contribution is 5.76. The summed E-state index contributed by atoms with van der Waals surface area (Å²) in [7, 11) is 0. The monoisotopic (exact) mass is 402 g/mol. The molecule has 1 aliphatic heterocycles. The molecule has 156 valence electrons. The molecule has 1 aromatic heterocycles. The molecule has 0 bridgehead atoms. The van der Waals surface area contributed by atoms with Crippen molar-refractivity contribution in [3.8, 4) is 0 Å². The Balaban J connectivity index is 1.34. The number of nitrogens with zero attached hydrogens (tertiary/aromatic N) is 4. The van der Waals surface area contributed by atoms with Gasteiger partial charge in [-0.05, 0) is 28.5 Å². The Labute approximate surface area is 178 Å². The number of fused-ring (bicyclic) bond motifs is 1. The van der Waals surface area contributed by atoms with Crippen LogP contribution < -0.4 is 0 Å². The number of rotatable bonds is 5. The molecule has 2 aromatic carbocycles. The fraction of sp³-hybridized carbons (Fsp3) is 0.400. The lowest BCUT2D eigenvalue weighted by Crippen LogP contribution is -2.38. The maximum Gasteiger partial charge on any atom is 0.223 e. The highest BCUT2D eigenvalue weighted by Gasteiger charge is 2.24. The van der Waals surface area contributed by atoms with Crippen molar-refractivity contribution in [2.45, 2.75) is 58.5 Å². The van der Waals surface area contributed by atoms with Gasteiger partial charge in [-0.2, -0.15) is 0 Å². The first kappa shape index (κ1) is 20.3. The first-order valence-corrected chi connectivity index (χ1v) is 10.7. The van der Waals surface area contributed by atoms with E-state index in [0.717, 1.165) is 31.0 Å². The third-order valence-electron chi connectivity index (χ3n) is 5.84. The molecule has 0 radical (unpaired) electrons. The van der Waals surface area contributed by atoms with Gasteiger partial charge in [-0.25, -0.2) is 0 Å². The van der Waals surface area contributed by atoms with Gasteiger partial charge >= 0.3 is 0 Å². The Kier molecular flexibility index (Phi) is 5.71. The molecule has 4 rings (SSSR count). The van der Waals surface area contributed by atoms with Crippen molar-refractivity contribution in [3.63, 3.8) is 0 Å². The van der Waals surface area contributed by atoms with Gasteiger partial charge in [0.1, 0.15) is 5.82 Å². The quantitative estimate of drug-likeness (QED) is 0.644. The van der Waals surface area contributed by atoms with Gasteiger partial charge in [0, 0.05) is 25.9 Å². The van der Waals surface area contributed by atoms with Crippen LogP contribution in [0.15, 0.2) is 54.6 Å². The summed E-state index contributed by atoms with van der Waals surface area (Å²) in [6.07, 6.45) is 2.07. The average Bonchev–Trinajstić information content (AvgIpc) is 3.14. The molecule has 0 aliphatic carbocycles. The van der Waals surface area contributed by atoms with Crippen LogP contribution in [0.4, 0.5) is 0 Å². The topological polar surface area (TPSA) is 51.0 Å². The SMILES string of the molecule is CC(C)(C)c1ccc(CCC(=O)N2CCn3c(Cc4ccccc4)nnc3C2)cc1. The minimum absolute atomic E-state index is 0.150. The number of amides is 1. The van der Waals surface area contributed by atoms with Crippen LogP contribution in [-0.2, 0) is 36.1 Å². The molecule has 1 aliphatic rings. The van der Waals surface area contributed by atoms with Gasteiger partial charge in [-0.1, -0.05) is 75.4 Å². The van der Waals surface area contributed by atoms with Crippen LogP contribution in [0, 0.1) is 0 Å². The van der Waals surface area contributed by atoms with Crippen LogP contribution >= 0.6 is 0 Å². The molecule has 5 heteroatoms. The Morgan fingerprint density at radius 2 is 1.67 bits per heavy atom. The highest BCUT2D eigenvalue weighted by Crippen LogP contribution is 2.23. The Morgan fingerprint density at radius 3 is 2.37 bits per heavy atom. The van der Waals surface area contributed by atoms with Gasteiger partial charge in [0.25, 0.3) is 0 Å². The zero-order valence-corrected chi connectivity index (χ0v) is 18.1. The number of hydrogen-bond donors (Lipinski definition) is 0. The van der Waals surface area contributed by atoms with E-state index in [1.165, 1.54) is 16.7 Å². The largest absolute Gasteiger partial charge is 0.333 e. The Morgan fingerprint density at radius 1 is 0.933 bits per heavy atom. The van der Waals surface area contributed by atoms with E-state index < -0.39 is 0 Å². The maximum absolute atomic E-state index is 12.8. The van der Waals surface area contributed by atoms with E-state index in [0.29, 0.717) is 19.5 Å². The second kappa shape index (κ2) is 8.42. The van der Waals surface area contributed by atoms with Crippen LogP contribution in [0.1, 0.15) is 55.5 Å². The lowest BCUT2D eigenvalue weighted by Gasteiger charge is -2.28. The first-order chi connectivity index (χ1) is 14.4. The summed E-state index contributed by atoms with van der Waals surface area (Å²) in [6.45, 7) is 8.67. The summed E-state index contributed by atoms with van der Waals surface area (Å²) in [5.41, 5.74) is 3.90.